The number of pyridine rings is 1. The molecule has 1 aliphatic carbocycles. The number of terminal acetylenes is 1. The second-order valence-corrected chi connectivity index (χ2v) is 13.7. The molecule has 1 spiro atoms. The predicted octanol–water partition coefficient (Wildman–Crippen LogP) is 5.88. The summed E-state index contributed by atoms with van der Waals surface area (Å²) < 4.78 is 81.3. The third-order valence-corrected chi connectivity index (χ3v) is 10.9. The highest BCUT2D eigenvalue weighted by Crippen LogP contribution is 2.69. The van der Waals surface area contributed by atoms with Gasteiger partial charge in [-0.05, 0) is 37.8 Å². The maximum Gasteiger partial charge on any atom is 0.319 e. The van der Waals surface area contributed by atoms with Crippen LogP contribution in [0.2, 0.25) is 0 Å². The predicted molar refractivity (Wildman–Crippen MR) is 168 cm³/mol. The minimum atomic E-state index is -2.78. The highest BCUT2D eigenvalue weighted by Gasteiger charge is 2.77. The Morgan fingerprint density at radius 1 is 1.17 bits per heavy atom. The summed E-state index contributed by atoms with van der Waals surface area (Å²) in [5.41, 5.74) is -1.95. The Hall–Kier alpha value is -4.08. The van der Waals surface area contributed by atoms with Crippen molar-refractivity contribution in [2.24, 2.45) is 5.41 Å². The molecule has 3 aliphatic heterocycles. The van der Waals surface area contributed by atoms with Crippen molar-refractivity contribution in [2.45, 2.75) is 62.3 Å². The van der Waals surface area contributed by atoms with Crippen molar-refractivity contribution >= 4 is 27.5 Å². The molecule has 7 nitrogen and oxygen atoms in total. The van der Waals surface area contributed by atoms with E-state index in [0.29, 0.717) is 27.5 Å². The van der Waals surface area contributed by atoms with Crippen molar-refractivity contribution < 1.29 is 26.7 Å². The number of likely N-dealkylation sites (N-methyl/N-ethyl adjacent to an activating group) is 1. The summed E-state index contributed by atoms with van der Waals surface area (Å²) in [5, 5.41) is 4.72. The molecule has 0 radical (unpaired) electrons. The molecule has 5 atom stereocenters. The monoisotopic (exact) mass is 648 g/mol. The number of ether oxygens (including phenoxy) is 1. The fraction of sp³-hybridized carbons (Fsp3) is 0.457. The molecule has 2 aromatic carbocycles. The Bertz CT molecular complexity index is 1980. The van der Waals surface area contributed by atoms with Crippen LogP contribution in [-0.2, 0) is 0 Å². The van der Waals surface area contributed by atoms with Gasteiger partial charge in [0.15, 0.2) is 5.82 Å². The highest BCUT2D eigenvalue weighted by atomic mass is 19.3. The number of hydrogen-bond donors (Lipinski definition) is 1. The van der Waals surface area contributed by atoms with E-state index in [1.807, 2.05) is 11.9 Å². The SMILES string of the molecule is C#Cc1c(F)ccc2cccc(-c3ncc4c(N(C)[C@@H]5CCN[C@@H]5C)nc(OC[C@]56C[C@@H](F)CN5C[C@]5(CC5(F)F)C6)nc4c3F)c12. The Morgan fingerprint density at radius 3 is 2.70 bits per heavy atom. The third kappa shape index (κ3) is 4.57. The zero-order valence-electron chi connectivity index (χ0n) is 26.0. The first-order chi connectivity index (χ1) is 22.5. The average molecular weight is 649 g/mol. The lowest BCUT2D eigenvalue weighted by atomic mass is 9.88. The van der Waals surface area contributed by atoms with Crippen LogP contribution in [0.15, 0.2) is 36.5 Å². The average Bonchev–Trinajstić information content (AvgIpc) is 3.38. The maximum absolute atomic E-state index is 16.8. The maximum atomic E-state index is 16.8. The quantitative estimate of drug-likeness (QED) is 0.207. The second kappa shape index (κ2) is 10.5. The van der Waals surface area contributed by atoms with Crippen LogP contribution in [0.1, 0.15) is 38.2 Å². The van der Waals surface area contributed by atoms with Crippen LogP contribution in [-0.4, -0.2) is 82.9 Å². The number of hydrogen-bond acceptors (Lipinski definition) is 7. The largest absolute Gasteiger partial charge is 0.461 e. The van der Waals surface area contributed by atoms with Crippen molar-refractivity contribution in [2.75, 3.05) is 38.2 Å². The molecule has 12 heteroatoms. The third-order valence-electron chi connectivity index (χ3n) is 10.9. The van der Waals surface area contributed by atoms with Gasteiger partial charge in [-0.3, -0.25) is 9.88 Å². The summed E-state index contributed by atoms with van der Waals surface area (Å²) in [6.45, 7) is 2.91. The van der Waals surface area contributed by atoms with Gasteiger partial charge in [-0.1, -0.05) is 30.2 Å². The highest BCUT2D eigenvalue weighted by molar-refractivity contribution is 6.02. The van der Waals surface area contributed by atoms with E-state index in [0.717, 1.165) is 13.0 Å². The molecule has 1 saturated carbocycles. The fourth-order valence-electron chi connectivity index (χ4n) is 8.42. The number of anilines is 1. The van der Waals surface area contributed by atoms with Gasteiger partial charge in [0.25, 0.3) is 5.92 Å². The number of aromatic nitrogens is 3. The van der Waals surface area contributed by atoms with Gasteiger partial charge in [0.05, 0.1) is 21.9 Å². The van der Waals surface area contributed by atoms with E-state index in [1.54, 1.807) is 29.2 Å². The van der Waals surface area contributed by atoms with Crippen LogP contribution in [0.25, 0.3) is 32.9 Å². The summed E-state index contributed by atoms with van der Waals surface area (Å²) in [6, 6.07) is 7.93. The Kier molecular flexibility index (Phi) is 6.74. The number of alkyl halides is 3. The number of nitrogens with zero attached hydrogens (tertiary/aromatic N) is 5. The molecular formula is C35H33F5N6O. The van der Waals surface area contributed by atoms with Gasteiger partial charge >= 0.3 is 6.01 Å². The molecule has 8 rings (SSSR count). The van der Waals surface area contributed by atoms with Crippen LogP contribution >= 0.6 is 0 Å². The summed E-state index contributed by atoms with van der Waals surface area (Å²) in [6.07, 6.45) is 6.78. The van der Waals surface area contributed by atoms with Crippen molar-refractivity contribution in [1.82, 2.24) is 25.2 Å². The first kappa shape index (κ1) is 30.3. The van der Waals surface area contributed by atoms with Gasteiger partial charge in [0.2, 0.25) is 0 Å². The van der Waals surface area contributed by atoms with Crippen molar-refractivity contribution in [3.63, 3.8) is 0 Å². The zero-order chi connectivity index (χ0) is 32.9. The van der Waals surface area contributed by atoms with E-state index in [1.165, 1.54) is 12.3 Å². The van der Waals surface area contributed by atoms with E-state index in [2.05, 4.69) is 28.1 Å². The lowest BCUT2D eigenvalue weighted by molar-refractivity contribution is 0.0634. The summed E-state index contributed by atoms with van der Waals surface area (Å²) in [5.74, 6) is -1.39. The Labute approximate surface area is 268 Å². The molecule has 0 amide bonds. The molecule has 47 heavy (non-hydrogen) atoms. The molecule has 2 aromatic heterocycles. The summed E-state index contributed by atoms with van der Waals surface area (Å²) in [4.78, 5) is 17.4. The van der Waals surface area contributed by atoms with E-state index in [-0.39, 0.29) is 73.8 Å². The topological polar surface area (TPSA) is 66.4 Å². The van der Waals surface area contributed by atoms with Crippen LogP contribution in [0.4, 0.5) is 27.8 Å². The van der Waals surface area contributed by atoms with Gasteiger partial charge in [-0.25, -0.2) is 22.0 Å². The smallest absolute Gasteiger partial charge is 0.319 e. The first-order valence-corrected chi connectivity index (χ1v) is 15.9. The normalized spacial score (nSPS) is 29.4. The van der Waals surface area contributed by atoms with Crippen molar-refractivity contribution in [3.05, 3.63) is 53.7 Å². The van der Waals surface area contributed by atoms with Gasteiger partial charge in [0, 0.05) is 62.2 Å². The Morgan fingerprint density at radius 2 is 1.98 bits per heavy atom. The van der Waals surface area contributed by atoms with Gasteiger partial charge < -0.3 is 15.0 Å². The van der Waals surface area contributed by atoms with E-state index < -0.39 is 34.7 Å². The van der Waals surface area contributed by atoms with E-state index in [9.17, 15) is 17.6 Å². The van der Waals surface area contributed by atoms with Crippen molar-refractivity contribution in [3.8, 4) is 29.6 Å². The van der Waals surface area contributed by atoms with E-state index in [4.69, 9.17) is 16.1 Å². The molecular weight excluding hydrogens is 615 g/mol. The molecule has 244 valence electrons. The fourth-order valence-corrected chi connectivity index (χ4v) is 8.42. The number of nitrogens with one attached hydrogen (secondary N) is 1. The van der Waals surface area contributed by atoms with Gasteiger partial charge in [0.1, 0.15) is 35.6 Å². The van der Waals surface area contributed by atoms with Crippen LogP contribution < -0.4 is 15.0 Å². The molecule has 0 bridgehead atoms. The summed E-state index contributed by atoms with van der Waals surface area (Å²) >= 11 is 0. The minimum Gasteiger partial charge on any atom is -0.461 e. The number of benzene rings is 2. The van der Waals surface area contributed by atoms with Gasteiger partial charge in [-0.2, -0.15) is 9.97 Å². The summed E-state index contributed by atoms with van der Waals surface area (Å²) in [7, 11) is 1.86. The van der Waals surface area contributed by atoms with Gasteiger partial charge in [-0.15, -0.1) is 6.42 Å². The zero-order valence-corrected chi connectivity index (χ0v) is 26.0. The molecule has 1 N–H and O–H groups in total. The molecule has 4 aliphatic rings. The lowest BCUT2D eigenvalue weighted by Crippen LogP contribution is -2.43. The number of rotatable bonds is 6. The minimum absolute atomic E-state index is 0.00336. The molecule has 4 fully saturated rings. The number of fused-ring (bicyclic) bond motifs is 3. The molecule has 0 unspecified atom stereocenters. The van der Waals surface area contributed by atoms with Crippen molar-refractivity contribution in [1.29, 1.82) is 0 Å². The molecule has 3 saturated heterocycles. The molecule has 5 heterocycles. The van der Waals surface area contributed by atoms with Crippen LogP contribution in [0.5, 0.6) is 6.01 Å². The molecule has 4 aromatic rings. The van der Waals surface area contributed by atoms with E-state index >= 15 is 4.39 Å². The first-order valence-electron chi connectivity index (χ1n) is 15.9. The Balaban J connectivity index is 1.24. The second-order valence-electron chi connectivity index (χ2n) is 13.7. The van der Waals surface area contributed by atoms with Crippen LogP contribution in [0.3, 0.4) is 0 Å². The number of halogens is 5. The lowest BCUT2D eigenvalue weighted by Gasteiger charge is -2.31. The standard InChI is InChI=1S/C35H33F5N6O/c1-4-22-25(37)9-8-20-6-5-7-23(27(20)22)29-28(38)30-24(13-42-29)31(45(3)26-10-11-41-19(26)2)44-32(43-30)47-18-34-12-21(36)14-46(34)17-33(15-34)16-35(33,39)40/h1,5-9,13,19,21,26,41H,10-12,14-18H2,2-3H3/t19-,21-,26-,33-,34-/m1/s1. The van der Waals surface area contributed by atoms with Crippen LogP contribution in [0, 0.1) is 29.4 Å².